The van der Waals surface area contributed by atoms with Crippen molar-refractivity contribution in [2.75, 3.05) is 0 Å². The summed E-state index contributed by atoms with van der Waals surface area (Å²) in [5.74, 6) is 0.889. The summed E-state index contributed by atoms with van der Waals surface area (Å²) in [6.45, 7) is 2.13. The van der Waals surface area contributed by atoms with Crippen molar-refractivity contribution in [3.8, 4) is 5.75 Å². The minimum atomic E-state index is -0.282. The maximum Gasteiger partial charge on any atom is 0.124 e. The fourth-order valence-electron chi connectivity index (χ4n) is 2.06. The summed E-state index contributed by atoms with van der Waals surface area (Å²) in [5, 5.41) is 9.65. The Kier molecular flexibility index (Phi) is 3.27. The van der Waals surface area contributed by atoms with Crippen molar-refractivity contribution < 1.29 is 9.84 Å². The van der Waals surface area contributed by atoms with Gasteiger partial charge in [-0.1, -0.05) is 19.1 Å². The maximum atomic E-state index is 9.65. The molecule has 1 aromatic carbocycles. The van der Waals surface area contributed by atoms with Gasteiger partial charge in [0.1, 0.15) is 11.9 Å². The molecule has 1 aromatic rings. The molecule has 1 N–H and O–H groups in total. The van der Waals surface area contributed by atoms with E-state index in [0.29, 0.717) is 0 Å². The largest absolute Gasteiger partial charge is 0.488 e. The van der Waals surface area contributed by atoms with Crippen LogP contribution in [0.5, 0.6) is 5.75 Å². The molecule has 1 fully saturated rings. The zero-order valence-electron chi connectivity index (χ0n) is 9.15. The van der Waals surface area contributed by atoms with Gasteiger partial charge in [0.2, 0.25) is 0 Å². The molecule has 0 aliphatic heterocycles. The first kappa shape index (κ1) is 10.5. The van der Waals surface area contributed by atoms with Gasteiger partial charge in [-0.3, -0.25) is 0 Å². The van der Waals surface area contributed by atoms with Crippen molar-refractivity contribution in [3.63, 3.8) is 0 Å². The molecule has 1 saturated carbocycles. The van der Waals surface area contributed by atoms with E-state index in [-0.39, 0.29) is 12.2 Å². The average Bonchev–Trinajstić information content (AvgIpc) is 2.65. The van der Waals surface area contributed by atoms with E-state index in [2.05, 4.69) is 19.1 Å². The molecule has 0 heterocycles. The van der Waals surface area contributed by atoms with Gasteiger partial charge in [0.15, 0.2) is 0 Å². The minimum absolute atomic E-state index is 0.00268. The van der Waals surface area contributed by atoms with E-state index >= 15 is 0 Å². The summed E-state index contributed by atoms with van der Waals surface area (Å²) in [4.78, 5) is 0. The van der Waals surface area contributed by atoms with Crippen molar-refractivity contribution in [2.24, 2.45) is 0 Å². The molecule has 1 aliphatic rings. The van der Waals surface area contributed by atoms with Crippen molar-refractivity contribution >= 4 is 0 Å². The number of aryl methyl sites for hydroxylation is 1. The molecule has 15 heavy (non-hydrogen) atoms. The summed E-state index contributed by atoms with van der Waals surface area (Å²) in [6.07, 6.45) is 3.65. The van der Waals surface area contributed by atoms with Gasteiger partial charge in [-0.2, -0.15) is 0 Å². The second kappa shape index (κ2) is 4.67. The molecule has 0 radical (unpaired) electrons. The molecule has 2 unspecified atom stereocenters. The van der Waals surface area contributed by atoms with Gasteiger partial charge in [-0.25, -0.2) is 0 Å². The van der Waals surface area contributed by atoms with Crippen LogP contribution >= 0.6 is 0 Å². The van der Waals surface area contributed by atoms with Gasteiger partial charge < -0.3 is 9.84 Å². The highest BCUT2D eigenvalue weighted by Gasteiger charge is 2.26. The van der Waals surface area contributed by atoms with Crippen LogP contribution in [0.25, 0.3) is 0 Å². The minimum Gasteiger partial charge on any atom is -0.488 e. The lowest BCUT2D eigenvalue weighted by atomic mass is 10.1. The van der Waals surface area contributed by atoms with E-state index in [9.17, 15) is 5.11 Å². The monoisotopic (exact) mass is 206 g/mol. The topological polar surface area (TPSA) is 29.5 Å². The summed E-state index contributed by atoms with van der Waals surface area (Å²) in [7, 11) is 0. The third kappa shape index (κ3) is 2.51. The maximum absolute atomic E-state index is 9.65. The van der Waals surface area contributed by atoms with Gasteiger partial charge in [-0.05, 0) is 43.4 Å². The fraction of sp³-hybridized carbons (Fsp3) is 0.538. The summed E-state index contributed by atoms with van der Waals surface area (Å²) in [6, 6.07) is 8.13. The van der Waals surface area contributed by atoms with Crippen LogP contribution in [-0.2, 0) is 6.42 Å². The van der Waals surface area contributed by atoms with Crippen LogP contribution in [0.1, 0.15) is 31.7 Å². The molecular formula is C13H18O2. The zero-order chi connectivity index (χ0) is 10.7. The quantitative estimate of drug-likeness (QED) is 0.823. The van der Waals surface area contributed by atoms with Gasteiger partial charge in [0.25, 0.3) is 0 Å². The van der Waals surface area contributed by atoms with Crippen molar-refractivity contribution in [1.82, 2.24) is 0 Å². The summed E-state index contributed by atoms with van der Waals surface area (Å²) >= 11 is 0. The Bertz CT molecular complexity index is 322. The van der Waals surface area contributed by atoms with E-state index in [0.717, 1.165) is 31.4 Å². The average molecular weight is 206 g/mol. The molecule has 2 heteroatoms. The second-order valence-electron chi connectivity index (χ2n) is 4.16. The van der Waals surface area contributed by atoms with Crippen molar-refractivity contribution in [1.29, 1.82) is 0 Å². The lowest BCUT2D eigenvalue weighted by Gasteiger charge is -2.17. The highest BCUT2D eigenvalue weighted by molar-refractivity contribution is 5.28. The third-order valence-electron chi connectivity index (χ3n) is 3.01. The van der Waals surface area contributed by atoms with E-state index in [1.165, 1.54) is 5.56 Å². The standard InChI is InChI=1S/C13H18O2/c1-2-10-5-3-6-11(9-10)15-13-8-4-7-12(13)14/h3,5-6,9,12-14H,2,4,7-8H2,1H3. The van der Waals surface area contributed by atoms with Crippen LogP contribution in [0, 0.1) is 0 Å². The van der Waals surface area contributed by atoms with Gasteiger partial charge >= 0.3 is 0 Å². The number of aliphatic hydroxyl groups excluding tert-OH is 1. The molecule has 0 bridgehead atoms. The number of hydrogen-bond acceptors (Lipinski definition) is 2. The predicted molar refractivity (Wildman–Crippen MR) is 60.1 cm³/mol. The van der Waals surface area contributed by atoms with Crippen LogP contribution in [0.2, 0.25) is 0 Å². The lowest BCUT2D eigenvalue weighted by molar-refractivity contribution is 0.0603. The van der Waals surface area contributed by atoms with Crippen molar-refractivity contribution in [2.45, 2.75) is 44.8 Å². The summed E-state index contributed by atoms with van der Waals surface area (Å²) < 4.78 is 5.78. The highest BCUT2D eigenvalue weighted by Crippen LogP contribution is 2.25. The number of rotatable bonds is 3. The molecule has 0 aromatic heterocycles. The Morgan fingerprint density at radius 1 is 1.40 bits per heavy atom. The van der Waals surface area contributed by atoms with E-state index in [1.807, 2.05) is 12.1 Å². The molecule has 1 aliphatic carbocycles. The number of hydrogen-bond donors (Lipinski definition) is 1. The molecular weight excluding hydrogens is 188 g/mol. The van der Waals surface area contributed by atoms with Crippen molar-refractivity contribution in [3.05, 3.63) is 29.8 Å². The van der Waals surface area contributed by atoms with Crippen LogP contribution in [-0.4, -0.2) is 17.3 Å². The second-order valence-corrected chi connectivity index (χ2v) is 4.16. The predicted octanol–water partition coefficient (Wildman–Crippen LogP) is 2.54. The van der Waals surface area contributed by atoms with E-state index in [4.69, 9.17) is 4.74 Å². The molecule has 0 saturated heterocycles. The van der Waals surface area contributed by atoms with Crippen LogP contribution in [0.15, 0.2) is 24.3 Å². The van der Waals surface area contributed by atoms with Gasteiger partial charge in [0, 0.05) is 0 Å². The Morgan fingerprint density at radius 2 is 2.27 bits per heavy atom. The first-order valence-electron chi connectivity index (χ1n) is 5.73. The van der Waals surface area contributed by atoms with Gasteiger partial charge in [0.05, 0.1) is 6.10 Å². The SMILES string of the molecule is CCc1cccc(OC2CCCC2O)c1. The fourth-order valence-corrected chi connectivity index (χ4v) is 2.06. The zero-order valence-corrected chi connectivity index (χ0v) is 9.15. The van der Waals surface area contributed by atoms with Crippen LogP contribution in [0.4, 0.5) is 0 Å². The number of benzene rings is 1. The van der Waals surface area contributed by atoms with Crippen LogP contribution < -0.4 is 4.74 Å². The van der Waals surface area contributed by atoms with E-state index in [1.54, 1.807) is 0 Å². The Balaban J connectivity index is 2.03. The first-order valence-corrected chi connectivity index (χ1v) is 5.73. The highest BCUT2D eigenvalue weighted by atomic mass is 16.5. The Labute approximate surface area is 90.9 Å². The first-order chi connectivity index (χ1) is 7.29. The van der Waals surface area contributed by atoms with Gasteiger partial charge in [-0.15, -0.1) is 0 Å². The lowest BCUT2D eigenvalue weighted by Crippen LogP contribution is -2.25. The molecule has 82 valence electrons. The molecule has 2 rings (SSSR count). The normalized spacial score (nSPS) is 25.5. The molecule has 2 nitrogen and oxygen atoms in total. The summed E-state index contributed by atoms with van der Waals surface area (Å²) in [5.41, 5.74) is 1.28. The molecule has 0 amide bonds. The molecule has 0 spiro atoms. The third-order valence-corrected chi connectivity index (χ3v) is 3.01. The smallest absolute Gasteiger partial charge is 0.124 e. The van der Waals surface area contributed by atoms with Crippen LogP contribution in [0.3, 0.4) is 0 Å². The number of aliphatic hydroxyl groups is 1. The number of ether oxygens (including phenoxy) is 1. The molecule has 2 atom stereocenters. The Hall–Kier alpha value is -1.02. The Morgan fingerprint density at radius 3 is 2.93 bits per heavy atom. The van der Waals surface area contributed by atoms with E-state index < -0.39 is 0 Å².